The summed E-state index contributed by atoms with van der Waals surface area (Å²) in [5.74, 6) is -0.483. The number of carbonyl (C=O) groups is 3. The Morgan fingerprint density at radius 3 is 2.49 bits per heavy atom. The lowest BCUT2D eigenvalue weighted by Crippen LogP contribution is -2.48. The summed E-state index contributed by atoms with van der Waals surface area (Å²) >= 11 is 0. The second-order valence-electron chi connectivity index (χ2n) is 10.3. The summed E-state index contributed by atoms with van der Waals surface area (Å²) in [6, 6.07) is 11.3. The number of halogens is 1. The van der Waals surface area contributed by atoms with Crippen molar-refractivity contribution in [2.75, 3.05) is 44.6 Å². The molecule has 206 valence electrons. The molecular formula is C29H34FN5O4. The zero-order chi connectivity index (χ0) is 27.2. The van der Waals surface area contributed by atoms with Crippen molar-refractivity contribution in [2.24, 2.45) is 5.92 Å². The molecule has 2 heterocycles. The van der Waals surface area contributed by atoms with Crippen molar-refractivity contribution in [3.05, 3.63) is 77.3 Å². The first kappa shape index (κ1) is 26.7. The second-order valence-corrected chi connectivity index (χ2v) is 10.3. The van der Waals surface area contributed by atoms with E-state index in [1.807, 2.05) is 24.3 Å². The van der Waals surface area contributed by atoms with Gasteiger partial charge in [-0.2, -0.15) is 0 Å². The average Bonchev–Trinajstić information content (AvgIpc) is 3.64. The predicted octanol–water partition coefficient (Wildman–Crippen LogP) is 3.35. The number of urea groups is 1. The van der Waals surface area contributed by atoms with Gasteiger partial charge in [-0.15, -0.1) is 0 Å². The molecule has 0 aromatic heterocycles. The van der Waals surface area contributed by atoms with E-state index >= 15 is 0 Å². The highest BCUT2D eigenvalue weighted by atomic mass is 19.1. The van der Waals surface area contributed by atoms with Gasteiger partial charge in [0.2, 0.25) is 0 Å². The highest BCUT2D eigenvalue weighted by Gasteiger charge is 2.24. The summed E-state index contributed by atoms with van der Waals surface area (Å²) in [7, 11) is 0. The number of nitrogens with zero attached hydrogens (tertiary/aromatic N) is 2. The summed E-state index contributed by atoms with van der Waals surface area (Å²) < 4.78 is 20.0. The van der Waals surface area contributed by atoms with Crippen LogP contribution in [0.3, 0.4) is 0 Å². The topological polar surface area (TPSA) is 103 Å². The maximum atomic E-state index is 14.6. The molecule has 1 unspecified atom stereocenters. The van der Waals surface area contributed by atoms with Gasteiger partial charge in [-0.25, -0.2) is 9.18 Å². The molecule has 10 heteroatoms. The van der Waals surface area contributed by atoms with Gasteiger partial charge in [0.25, 0.3) is 11.8 Å². The minimum absolute atomic E-state index is 0.00895. The van der Waals surface area contributed by atoms with E-state index in [4.69, 9.17) is 4.74 Å². The first-order chi connectivity index (χ1) is 18.9. The van der Waals surface area contributed by atoms with Crippen LogP contribution in [0.4, 0.5) is 14.9 Å². The van der Waals surface area contributed by atoms with Crippen LogP contribution in [-0.2, 0) is 11.3 Å². The van der Waals surface area contributed by atoms with E-state index in [0.717, 1.165) is 24.8 Å². The molecule has 1 saturated carbocycles. The fourth-order valence-corrected chi connectivity index (χ4v) is 4.71. The largest absolute Gasteiger partial charge is 0.496 e. The van der Waals surface area contributed by atoms with E-state index in [2.05, 4.69) is 20.9 Å². The minimum atomic E-state index is -0.641. The Morgan fingerprint density at radius 1 is 0.949 bits per heavy atom. The fourth-order valence-electron chi connectivity index (χ4n) is 4.71. The number of amides is 4. The van der Waals surface area contributed by atoms with Crippen molar-refractivity contribution in [3.8, 4) is 0 Å². The first-order valence-corrected chi connectivity index (χ1v) is 13.5. The molecule has 0 radical (unpaired) electrons. The van der Waals surface area contributed by atoms with Gasteiger partial charge in [0.1, 0.15) is 11.9 Å². The van der Waals surface area contributed by atoms with Crippen LogP contribution < -0.4 is 16.0 Å². The van der Waals surface area contributed by atoms with Gasteiger partial charge in [0.05, 0.1) is 18.5 Å². The molecule has 2 aliphatic heterocycles. The summed E-state index contributed by atoms with van der Waals surface area (Å²) in [5.41, 5.74) is 1.92. The molecule has 1 aliphatic carbocycles. The number of anilines is 1. The Hall–Kier alpha value is -3.92. The lowest BCUT2D eigenvalue weighted by atomic mass is 10.1. The van der Waals surface area contributed by atoms with Crippen molar-refractivity contribution in [1.29, 1.82) is 0 Å². The molecular weight excluding hydrogens is 501 g/mol. The van der Waals surface area contributed by atoms with Crippen LogP contribution in [0.1, 0.15) is 45.5 Å². The highest BCUT2D eigenvalue weighted by Crippen LogP contribution is 2.27. The van der Waals surface area contributed by atoms with Crippen LogP contribution in [0.2, 0.25) is 0 Å². The number of piperazine rings is 1. The molecule has 9 nitrogen and oxygen atoms in total. The van der Waals surface area contributed by atoms with E-state index < -0.39 is 11.8 Å². The van der Waals surface area contributed by atoms with Gasteiger partial charge in [-0.1, -0.05) is 12.1 Å². The lowest BCUT2D eigenvalue weighted by molar-refractivity contribution is 0.0627. The van der Waals surface area contributed by atoms with Crippen LogP contribution >= 0.6 is 0 Å². The molecule has 2 fully saturated rings. The number of benzene rings is 2. The molecule has 0 spiro atoms. The van der Waals surface area contributed by atoms with Crippen molar-refractivity contribution < 1.29 is 23.5 Å². The highest BCUT2D eigenvalue weighted by molar-refractivity contribution is 5.96. The Labute approximate surface area is 227 Å². The van der Waals surface area contributed by atoms with Crippen molar-refractivity contribution in [2.45, 2.75) is 31.9 Å². The third-order valence-electron chi connectivity index (χ3n) is 7.22. The zero-order valence-corrected chi connectivity index (χ0v) is 21.8. The Kier molecular flexibility index (Phi) is 8.41. The van der Waals surface area contributed by atoms with Gasteiger partial charge in [-0.05, 0) is 60.7 Å². The molecule has 2 aromatic rings. The normalized spacial score (nSPS) is 18.9. The van der Waals surface area contributed by atoms with E-state index in [1.165, 1.54) is 12.1 Å². The predicted molar refractivity (Wildman–Crippen MR) is 145 cm³/mol. The number of rotatable bonds is 9. The summed E-state index contributed by atoms with van der Waals surface area (Å²) in [4.78, 5) is 41.5. The number of carbonyl (C=O) groups excluding carboxylic acids is 3. The van der Waals surface area contributed by atoms with Gasteiger partial charge in [0, 0.05) is 56.8 Å². The smallest absolute Gasteiger partial charge is 0.319 e. The van der Waals surface area contributed by atoms with Crippen molar-refractivity contribution >= 4 is 23.5 Å². The second kappa shape index (κ2) is 12.3. The third-order valence-corrected chi connectivity index (χ3v) is 7.22. The van der Waals surface area contributed by atoms with Crippen LogP contribution in [0.25, 0.3) is 0 Å². The zero-order valence-electron chi connectivity index (χ0n) is 21.8. The monoisotopic (exact) mass is 535 g/mol. The van der Waals surface area contributed by atoms with Gasteiger partial charge in [0.15, 0.2) is 0 Å². The summed E-state index contributed by atoms with van der Waals surface area (Å²) in [6.07, 6.45) is 6.61. The van der Waals surface area contributed by atoms with E-state index in [0.29, 0.717) is 57.3 Å². The average molecular weight is 536 g/mol. The molecule has 1 atom stereocenters. The van der Waals surface area contributed by atoms with Crippen LogP contribution in [-0.4, -0.2) is 73.0 Å². The van der Waals surface area contributed by atoms with Crippen LogP contribution in [0.15, 0.2) is 54.8 Å². The molecule has 2 aromatic carbocycles. The maximum Gasteiger partial charge on any atom is 0.319 e. The third kappa shape index (κ3) is 7.35. The quantitative estimate of drug-likeness (QED) is 0.457. The Bertz CT molecular complexity index is 1230. The fraction of sp³-hybridized carbons (Fsp3) is 0.414. The van der Waals surface area contributed by atoms with E-state index in [1.54, 1.807) is 23.3 Å². The molecule has 3 N–H and O–H groups in total. The first-order valence-electron chi connectivity index (χ1n) is 13.5. The molecule has 1 saturated heterocycles. The lowest BCUT2D eigenvalue weighted by Gasteiger charge is -2.35. The minimum Gasteiger partial charge on any atom is -0.496 e. The van der Waals surface area contributed by atoms with Crippen LogP contribution in [0.5, 0.6) is 0 Å². The van der Waals surface area contributed by atoms with Gasteiger partial charge in [-0.3, -0.25) is 14.5 Å². The number of ether oxygens (including phenoxy) is 1. The standard InChI is InChI=1S/C29H34FN5O4/c30-25-16-23(8-9-26(25)33-29(38)32-17-20-6-7-20)28(37)35-12-10-34(11-13-35)19-21-3-1-4-22(15-21)27(36)31-18-24-5-2-14-39-24/h1-4,8-9,14-16,20,24H,5-7,10-13,17-19H2,(H,31,36)(H2,32,33,38). The SMILES string of the molecule is O=C(NCC1CC1)Nc1ccc(C(=O)N2CCN(Cc3cccc(C(=O)NCC4CC=CO4)c3)CC2)cc1F. The molecule has 4 amide bonds. The molecule has 5 rings (SSSR count). The van der Waals surface area contributed by atoms with Crippen LogP contribution in [0, 0.1) is 11.7 Å². The number of nitrogens with one attached hydrogen (secondary N) is 3. The van der Waals surface area contributed by atoms with Crippen molar-refractivity contribution in [3.63, 3.8) is 0 Å². The Balaban J connectivity index is 1.08. The van der Waals surface area contributed by atoms with Gasteiger partial charge < -0.3 is 25.6 Å². The van der Waals surface area contributed by atoms with E-state index in [9.17, 15) is 18.8 Å². The van der Waals surface area contributed by atoms with Gasteiger partial charge >= 0.3 is 6.03 Å². The Morgan fingerprint density at radius 2 is 1.77 bits per heavy atom. The summed E-state index contributed by atoms with van der Waals surface area (Å²) in [5, 5.41) is 8.16. The maximum absolute atomic E-state index is 14.6. The number of hydrogen-bond donors (Lipinski definition) is 3. The van der Waals surface area contributed by atoms with Crippen molar-refractivity contribution in [1.82, 2.24) is 20.4 Å². The van der Waals surface area contributed by atoms with E-state index in [-0.39, 0.29) is 29.2 Å². The molecule has 0 bridgehead atoms. The number of hydrogen-bond acceptors (Lipinski definition) is 5. The molecule has 3 aliphatic rings. The summed E-state index contributed by atoms with van der Waals surface area (Å²) in [6.45, 7) is 4.07. The molecule has 39 heavy (non-hydrogen) atoms.